The van der Waals surface area contributed by atoms with Crippen LogP contribution in [0.5, 0.6) is 5.75 Å². The third-order valence-electron chi connectivity index (χ3n) is 3.34. The smallest absolute Gasteiger partial charge is 0.260 e. The summed E-state index contributed by atoms with van der Waals surface area (Å²) in [5, 5.41) is 3.04. The van der Waals surface area contributed by atoms with Gasteiger partial charge in [0, 0.05) is 24.7 Å². The first kappa shape index (κ1) is 16.4. The van der Waals surface area contributed by atoms with Gasteiger partial charge in [0.15, 0.2) is 6.61 Å². The van der Waals surface area contributed by atoms with Crippen LogP contribution in [0.1, 0.15) is 32.4 Å². The van der Waals surface area contributed by atoms with E-state index in [1.807, 2.05) is 20.8 Å². The maximum atomic E-state index is 13.3. The highest BCUT2D eigenvalue weighted by Gasteiger charge is 2.14. The van der Waals surface area contributed by atoms with Crippen molar-refractivity contribution in [2.45, 2.75) is 26.8 Å². The second-order valence-electron chi connectivity index (χ2n) is 4.55. The van der Waals surface area contributed by atoms with E-state index in [0.717, 1.165) is 0 Å². The van der Waals surface area contributed by atoms with Crippen LogP contribution in [0, 0.1) is 5.82 Å². The zero-order valence-corrected chi connectivity index (χ0v) is 12.6. The van der Waals surface area contributed by atoms with Crippen LogP contribution in [0.3, 0.4) is 0 Å². The standard InChI is InChI=1S/C15H23FN2O2/c1-5-18(6-2)15(19)10-20-14-8-7-12(16)9-13(14)11(3)17-4/h7-9,11,17H,5-6,10H2,1-4H3. The van der Waals surface area contributed by atoms with E-state index < -0.39 is 0 Å². The van der Waals surface area contributed by atoms with Gasteiger partial charge in [0.2, 0.25) is 0 Å². The molecule has 5 heteroatoms. The number of hydrogen-bond donors (Lipinski definition) is 1. The minimum atomic E-state index is -0.315. The molecule has 0 bridgehead atoms. The average molecular weight is 282 g/mol. The number of nitrogens with zero attached hydrogens (tertiary/aromatic N) is 1. The molecule has 0 saturated heterocycles. The molecule has 4 nitrogen and oxygen atoms in total. The summed E-state index contributed by atoms with van der Waals surface area (Å²) in [5.74, 6) is 0.153. The quantitative estimate of drug-likeness (QED) is 0.834. The summed E-state index contributed by atoms with van der Waals surface area (Å²) in [7, 11) is 1.79. The first-order valence-electron chi connectivity index (χ1n) is 6.90. The molecule has 1 rings (SSSR count). The summed E-state index contributed by atoms with van der Waals surface area (Å²) < 4.78 is 18.9. The third-order valence-corrected chi connectivity index (χ3v) is 3.34. The number of hydrogen-bond acceptors (Lipinski definition) is 3. The van der Waals surface area contributed by atoms with Gasteiger partial charge in [-0.3, -0.25) is 4.79 Å². The fourth-order valence-corrected chi connectivity index (χ4v) is 1.95. The molecule has 0 aromatic heterocycles. The number of carbonyl (C=O) groups is 1. The zero-order valence-electron chi connectivity index (χ0n) is 12.6. The van der Waals surface area contributed by atoms with Gasteiger partial charge in [-0.05, 0) is 46.0 Å². The summed E-state index contributed by atoms with van der Waals surface area (Å²) >= 11 is 0. The molecule has 0 heterocycles. The van der Waals surface area contributed by atoms with Crippen molar-refractivity contribution in [2.75, 3.05) is 26.7 Å². The summed E-state index contributed by atoms with van der Waals surface area (Å²) in [5.41, 5.74) is 0.708. The van der Waals surface area contributed by atoms with Crippen molar-refractivity contribution < 1.29 is 13.9 Å². The minimum absolute atomic E-state index is 0.0310. The zero-order chi connectivity index (χ0) is 15.1. The highest BCUT2D eigenvalue weighted by molar-refractivity contribution is 5.77. The Hall–Kier alpha value is -1.62. The molecule has 0 spiro atoms. The molecular formula is C15H23FN2O2. The minimum Gasteiger partial charge on any atom is -0.483 e. The maximum absolute atomic E-state index is 13.3. The molecule has 1 aromatic rings. The predicted molar refractivity (Wildman–Crippen MR) is 77.3 cm³/mol. The van der Waals surface area contributed by atoms with E-state index in [4.69, 9.17) is 4.74 Å². The lowest BCUT2D eigenvalue weighted by Crippen LogP contribution is -2.34. The Morgan fingerprint density at radius 2 is 2.05 bits per heavy atom. The van der Waals surface area contributed by atoms with Crippen molar-refractivity contribution in [3.05, 3.63) is 29.6 Å². The Balaban J connectivity index is 2.79. The summed E-state index contributed by atoms with van der Waals surface area (Å²) in [6.07, 6.45) is 0. The van der Waals surface area contributed by atoms with E-state index in [2.05, 4.69) is 5.32 Å². The summed E-state index contributed by atoms with van der Waals surface area (Å²) in [6.45, 7) is 7.04. The lowest BCUT2D eigenvalue weighted by Gasteiger charge is -2.20. The highest BCUT2D eigenvalue weighted by Crippen LogP contribution is 2.25. The molecule has 1 atom stereocenters. The lowest BCUT2D eigenvalue weighted by atomic mass is 10.1. The molecule has 20 heavy (non-hydrogen) atoms. The molecule has 0 fully saturated rings. The predicted octanol–water partition coefficient (Wildman–Crippen LogP) is 2.35. The van der Waals surface area contributed by atoms with Gasteiger partial charge >= 0.3 is 0 Å². The summed E-state index contributed by atoms with van der Waals surface area (Å²) in [4.78, 5) is 13.6. The van der Waals surface area contributed by atoms with E-state index in [9.17, 15) is 9.18 Å². The number of nitrogens with one attached hydrogen (secondary N) is 1. The normalized spacial score (nSPS) is 12.1. The van der Waals surface area contributed by atoms with Crippen molar-refractivity contribution >= 4 is 5.91 Å². The number of benzene rings is 1. The Morgan fingerprint density at radius 1 is 1.40 bits per heavy atom. The van der Waals surface area contributed by atoms with Crippen LogP contribution in [-0.4, -0.2) is 37.6 Å². The first-order valence-corrected chi connectivity index (χ1v) is 6.90. The van der Waals surface area contributed by atoms with Crippen LogP contribution < -0.4 is 10.1 Å². The van der Waals surface area contributed by atoms with Crippen LogP contribution in [0.15, 0.2) is 18.2 Å². The third kappa shape index (κ3) is 4.20. The van der Waals surface area contributed by atoms with E-state index in [1.165, 1.54) is 12.1 Å². The van der Waals surface area contributed by atoms with Gasteiger partial charge in [-0.2, -0.15) is 0 Å². The van der Waals surface area contributed by atoms with E-state index in [0.29, 0.717) is 24.4 Å². The number of likely N-dealkylation sites (N-methyl/N-ethyl adjacent to an activating group) is 1. The van der Waals surface area contributed by atoms with Gasteiger partial charge in [-0.25, -0.2) is 4.39 Å². The number of amides is 1. The number of ether oxygens (including phenoxy) is 1. The monoisotopic (exact) mass is 282 g/mol. The maximum Gasteiger partial charge on any atom is 0.260 e. The van der Waals surface area contributed by atoms with Crippen molar-refractivity contribution in [3.63, 3.8) is 0 Å². The molecular weight excluding hydrogens is 259 g/mol. The van der Waals surface area contributed by atoms with Crippen LogP contribution in [0.25, 0.3) is 0 Å². The Morgan fingerprint density at radius 3 is 2.60 bits per heavy atom. The van der Waals surface area contributed by atoms with E-state index in [-0.39, 0.29) is 24.4 Å². The van der Waals surface area contributed by atoms with Crippen molar-refractivity contribution in [1.82, 2.24) is 10.2 Å². The molecule has 0 radical (unpaired) electrons. The number of rotatable bonds is 7. The molecule has 1 unspecified atom stereocenters. The topological polar surface area (TPSA) is 41.6 Å². The van der Waals surface area contributed by atoms with Crippen LogP contribution >= 0.6 is 0 Å². The second-order valence-corrected chi connectivity index (χ2v) is 4.55. The summed E-state index contributed by atoms with van der Waals surface area (Å²) in [6, 6.07) is 4.28. The molecule has 112 valence electrons. The first-order chi connectivity index (χ1) is 9.53. The van der Waals surface area contributed by atoms with Gasteiger partial charge in [-0.1, -0.05) is 0 Å². The number of halogens is 1. The molecule has 0 aliphatic carbocycles. The SMILES string of the molecule is CCN(CC)C(=O)COc1ccc(F)cc1C(C)NC. The van der Waals surface area contributed by atoms with Gasteiger partial charge in [0.25, 0.3) is 5.91 Å². The highest BCUT2D eigenvalue weighted by atomic mass is 19.1. The van der Waals surface area contributed by atoms with Gasteiger partial charge in [0.1, 0.15) is 11.6 Å². The van der Waals surface area contributed by atoms with Crippen LogP contribution in [-0.2, 0) is 4.79 Å². The molecule has 1 aromatic carbocycles. The molecule has 0 aliphatic rings. The Labute approximate surface area is 119 Å². The average Bonchev–Trinajstić information content (AvgIpc) is 2.46. The largest absolute Gasteiger partial charge is 0.483 e. The van der Waals surface area contributed by atoms with Crippen LogP contribution in [0.2, 0.25) is 0 Å². The molecule has 1 amide bonds. The molecule has 1 N–H and O–H groups in total. The lowest BCUT2D eigenvalue weighted by molar-refractivity contribution is -0.132. The van der Waals surface area contributed by atoms with E-state index in [1.54, 1.807) is 18.0 Å². The van der Waals surface area contributed by atoms with Gasteiger partial charge in [-0.15, -0.1) is 0 Å². The van der Waals surface area contributed by atoms with Crippen molar-refractivity contribution in [1.29, 1.82) is 0 Å². The van der Waals surface area contributed by atoms with Gasteiger partial charge < -0.3 is 15.0 Å². The fraction of sp³-hybridized carbons (Fsp3) is 0.533. The second kappa shape index (κ2) is 7.85. The van der Waals surface area contributed by atoms with Gasteiger partial charge in [0.05, 0.1) is 0 Å². The molecule has 0 aliphatic heterocycles. The Bertz CT molecular complexity index is 447. The Kier molecular flexibility index (Phi) is 6.45. The van der Waals surface area contributed by atoms with Crippen molar-refractivity contribution in [2.24, 2.45) is 0 Å². The van der Waals surface area contributed by atoms with Crippen molar-refractivity contribution in [3.8, 4) is 5.75 Å². The molecule has 0 saturated carbocycles. The fourth-order valence-electron chi connectivity index (χ4n) is 1.95. The van der Waals surface area contributed by atoms with Crippen LogP contribution in [0.4, 0.5) is 4.39 Å². The number of carbonyl (C=O) groups excluding carboxylic acids is 1. The van der Waals surface area contributed by atoms with E-state index >= 15 is 0 Å².